The van der Waals surface area contributed by atoms with Crippen LogP contribution in [0, 0.1) is 0 Å². The smallest absolute Gasteiger partial charge is 0.129 e. The largest absolute Gasteiger partial charge is 0.508 e. The lowest BCUT2D eigenvalue weighted by Gasteiger charge is -2.04. The zero-order valence-corrected chi connectivity index (χ0v) is 10.6. The van der Waals surface area contributed by atoms with Crippen molar-refractivity contribution < 1.29 is 10.2 Å². The van der Waals surface area contributed by atoms with E-state index in [4.69, 9.17) is 0 Å². The van der Waals surface area contributed by atoms with Crippen molar-refractivity contribution >= 4 is 27.7 Å². The third-order valence-corrected chi connectivity index (χ3v) is 3.57. The summed E-state index contributed by atoms with van der Waals surface area (Å²) in [5, 5.41) is 18.9. The molecule has 2 nitrogen and oxygen atoms in total. The van der Waals surface area contributed by atoms with Gasteiger partial charge in [0.05, 0.1) is 4.90 Å². The summed E-state index contributed by atoms with van der Waals surface area (Å²) in [5.74, 6) is 0.322. The number of hydrogen-bond acceptors (Lipinski definition) is 3. The zero-order chi connectivity index (χ0) is 11.5. The molecule has 0 spiro atoms. The average molecular weight is 297 g/mol. The van der Waals surface area contributed by atoms with Crippen LogP contribution >= 0.6 is 27.7 Å². The number of phenolic OH excluding ortho intramolecular Hbond substituents is 2. The first-order chi connectivity index (χ1) is 7.65. The highest BCUT2D eigenvalue weighted by atomic mass is 79.9. The highest BCUT2D eigenvalue weighted by molar-refractivity contribution is 9.10. The Bertz CT molecular complexity index is 497. The molecule has 0 saturated carbocycles. The van der Waals surface area contributed by atoms with Gasteiger partial charge < -0.3 is 10.2 Å². The molecule has 0 aliphatic heterocycles. The molecule has 82 valence electrons. The van der Waals surface area contributed by atoms with Crippen LogP contribution in [0.15, 0.2) is 56.7 Å². The number of phenols is 2. The SMILES string of the molecule is Oc1ccc(O)c(Sc2ccc(Br)cc2)c1. The van der Waals surface area contributed by atoms with Crippen LogP contribution in [0.1, 0.15) is 0 Å². The van der Waals surface area contributed by atoms with Crippen molar-refractivity contribution in [3.63, 3.8) is 0 Å². The molecule has 0 bridgehead atoms. The zero-order valence-electron chi connectivity index (χ0n) is 8.22. The molecule has 0 fully saturated rings. The Kier molecular flexibility index (Phi) is 3.41. The fourth-order valence-corrected chi connectivity index (χ4v) is 2.36. The molecule has 0 aliphatic rings. The summed E-state index contributed by atoms with van der Waals surface area (Å²) >= 11 is 4.76. The van der Waals surface area contributed by atoms with Crippen molar-refractivity contribution in [3.8, 4) is 11.5 Å². The van der Waals surface area contributed by atoms with Crippen LogP contribution in [-0.2, 0) is 0 Å². The van der Waals surface area contributed by atoms with Gasteiger partial charge in [0.25, 0.3) is 0 Å². The first kappa shape index (κ1) is 11.4. The van der Waals surface area contributed by atoms with Gasteiger partial charge in [-0.3, -0.25) is 0 Å². The summed E-state index contributed by atoms with van der Waals surface area (Å²) < 4.78 is 1.01. The third kappa shape index (κ3) is 2.71. The van der Waals surface area contributed by atoms with E-state index in [1.54, 1.807) is 6.07 Å². The Balaban J connectivity index is 2.26. The van der Waals surface area contributed by atoms with Gasteiger partial charge >= 0.3 is 0 Å². The van der Waals surface area contributed by atoms with E-state index in [1.165, 1.54) is 23.9 Å². The Labute approximate surface area is 106 Å². The van der Waals surface area contributed by atoms with Gasteiger partial charge in [-0.1, -0.05) is 27.7 Å². The molecule has 2 N–H and O–H groups in total. The molecule has 0 heterocycles. The van der Waals surface area contributed by atoms with Crippen LogP contribution in [0.3, 0.4) is 0 Å². The summed E-state index contributed by atoms with van der Waals surface area (Å²) in [6.07, 6.45) is 0. The second kappa shape index (κ2) is 4.80. The lowest BCUT2D eigenvalue weighted by atomic mass is 10.3. The van der Waals surface area contributed by atoms with Gasteiger partial charge in [0.1, 0.15) is 11.5 Å². The first-order valence-corrected chi connectivity index (χ1v) is 6.21. The van der Waals surface area contributed by atoms with Crippen LogP contribution in [0.5, 0.6) is 11.5 Å². The van der Waals surface area contributed by atoms with Crippen molar-refractivity contribution in [3.05, 3.63) is 46.9 Å². The van der Waals surface area contributed by atoms with Gasteiger partial charge in [-0.05, 0) is 42.5 Å². The van der Waals surface area contributed by atoms with Gasteiger partial charge in [0.15, 0.2) is 0 Å². The van der Waals surface area contributed by atoms with Crippen LogP contribution in [0.25, 0.3) is 0 Å². The number of rotatable bonds is 2. The van der Waals surface area contributed by atoms with Crippen molar-refractivity contribution in [1.29, 1.82) is 0 Å². The Hall–Kier alpha value is -1.13. The fourth-order valence-electron chi connectivity index (χ4n) is 1.21. The summed E-state index contributed by atoms with van der Waals surface area (Å²) in [7, 11) is 0. The molecule has 2 rings (SSSR count). The maximum Gasteiger partial charge on any atom is 0.129 e. The van der Waals surface area contributed by atoms with Gasteiger partial charge in [-0.2, -0.15) is 0 Å². The van der Waals surface area contributed by atoms with Gasteiger partial charge in [0.2, 0.25) is 0 Å². The predicted octanol–water partition coefficient (Wildman–Crippen LogP) is 4.01. The third-order valence-electron chi connectivity index (χ3n) is 1.98. The van der Waals surface area contributed by atoms with Crippen LogP contribution in [-0.4, -0.2) is 10.2 Å². The number of aromatic hydroxyl groups is 2. The minimum Gasteiger partial charge on any atom is -0.508 e. The van der Waals surface area contributed by atoms with Gasteiger partial charge in [-0.15, -0.1) is 0 Å². The highest BCUT2D eigenvalue weighted by Gasteiger charge is 2.04. The van der Waals surface area contributed by atoms with Crippen molar-refractivity contribution in [2.75, 3.05) is 0 Å². The van der Waals surface area contributed by atoms with Crippen molar-refractivity contribution in [2.45, 2.75) is 9.79 Å². The molecular formula is C12H9BrO2S. The maximum atomic E-state index is 9.61. The van der Waals surface area contributed by atoms with Gasteiger partial charge in [0, 0.05) is 9.37 Å². The average Bonchev–Trinajstić information content (AvgIpc) is 2.27. The first-order valence-electron chi connectivity index (χ1n) is 4.60. The minimum atomic E-state index is 0.150. The normalized spacial score (nSPS) is 10.3. The molecule has 0 amide bonds. The summed E-state index contributed by atoms with van der Waals surface area (Å²) in [4.78, 5) is 1.64. The Morgan fingerprint density at radius 3 is 2.31 bits per heavy atom. The molecule has 2 aromatic carbocycles. The van der Waals surface area contributed by atoms with E-state index in [1.807, 2.05) is 24.3 Å². The molecule has 0 radical (unpaired) electrons. The Morgan fingerprint density at radius 1 is 0.938 bits per heavy atom. The quantitative estimate of drug-likeness (QED) is 0.823. The standard InChI is InChI=1S/C12H9BrO2S/c13-8-1-4-10(5-2-8)16-12-7-9(14)3-6-11(12)15/h1-7,14-15H. The topological polar surface area (TPSA) is 40.5 Å². The monoisotopic (exact) mass is 296 g/mol. The van der Waals surface area contributed by atoms with E-state index in [0.29, 0.717) is 4.90 Å². The van der Waals surface area contributed by atoms with E-state index >= 15 is 0 Å². The molecule has 4 heteroatoms. The lowest BCUT2D eigenvalue weighted by molar-refractivity contribution is 0.448. The van der Waals surface area contributed by atoms with E-state index in [0.717, 1.165) is 9.37 Å². The molecule has 0 atom stereocenters. The molecule has 0 unspecified atom stereocenters. The molecule has 0 aromatic heterocycles. The fraction of sp³-hybridized carbons (Fsp3) is 0. The highest BCUT2D eigenvalue weighted by Crippen LogP contribution is 2.36. The van der Waals surface area contributed by atoms with Crippen molar-refractivity contribution in [2.24, 2.45) is 0 Å². The van der Waals surface area contributed by atoms with E-state index in [2.05, 4.69) is 15.9 Å². The molecule has 0 aliphatic carbocycles. The van der Waals surface area contributed by atoms with Gasteiger partial charge in [-0.25, -0.2) is 0 Å². The van der Waals surface area contributed by atoms with E-state index in [9.17, 15) is 10.2 Å². The minimum absolute atomic E-state index is 0.150. The van der Waals surface area contributed by atoms with E-state index < -0.39 is 0 Å². The molecule has 16 heavy (non-hydrogen) atoms. The lowest BCUT2D eigenvalue weighted by Crippen LogP contribution is -1.76. The number of benzene rings is 2. The molecule has 0 saturated heterocycles. The second-order valence-electron chi connectivity index (χ2n) is 3.21. The summed E-state index contributed by atoms with van der Waals surface area (Å²) in [6, 6.07) is 12.2. The number of hydrogen-bond donors (Lipinski definition) is 2. The van der Waals surface area contributed by atoms with Crippen molar-refractivity contribution in [1.82, 2.24) is 0 Å². The second-order valence-corrected chi connectivity index (χ2v) is 5.24. The maximum absolute atomic E-state index is 9.61. The molecule has 2 aromatic rings. The Morgan fingerprint density at radius 2 is 1.62 bits per heavy atom. The van der Waals surface area contributed by atoms with Crippen LogP contribution in [0.2, 0.25) is 0 Å². The summed E-state index contributed by atoms with van der Waals surface area (Å²) in [6.45, 7) is 0. The molecular weight excluding hydrogens is 288 g/mol. The predicted molar refractivity (Wildman–Crippen MR) is 68.0 cm³/mol. The number of halogens is 1. The summed E-state index contributed by atoms with van der Waals surface area (Å²) in [5.41, 5.74) is 0. The van der Waals surface area contributed by atoms with Crippen LogP contribution < -0.4 is 0 Å². The van der Waals surface area contributed by atoms with Crippen LogP contribution in [0.4, 0.5) is 0 Å². The van der Waals surface area contributed by atoms with E-state index in [-0.39, 0.29) is 11.5 Å².